The van der Waals surface area contributed by atoms with Gasteiger partial charge in [0.2, 0.25) is 0 Å². The SMILES string of the molecule is CC(C)c1cccc(C(C)C)c1B1N(C)c2ccc(Oc3[c-]c4c(cc3)c3ccccc3n4-c3cc(C(C)(C)C)ccn3)[c-]c2-c2nc(-c3c(-c4ccccc4)cccc3-c3ccccc3)cn21.[Pt+2]. The summed E-state index contributed by atoms with van der Waals surface area (Å²) in [6.45, 7) is 15.7. The number of imidazole rings is 1. The van der Waals surface area contributed by atoms with E-state index in [2.05, 4.69) is 233 Å². The number of hydrogen-bond donors (Lipinski definition) is 0. The minimum Gasteiger partial charge on any atom is -0.503 e. The monoisotopic (exact) mass is 1080 g/mol. The van der Waals surface area contributed by atoms with Gasteiger partial charge in [-0.3, -0.25) is 4.98 Å². The molecule has 0 fully saturated rings. The molecule has 1 aliphatic rings. The molecule has 0 spiro atoms. The number of nitrogens with zero attached hydrogens (tertiary/aromatic N) is 5. The number of anilines is 1. The van der Waals surface area contributed by atoms with Crippen LogP contribution in [0.4, 0.5) is 5.69 Å². The van der Waals surface area contributed by atoms with Crippen LogP contribution < -0.4 is 15.0 Å². The Labute approximate surface area is 421 Å². The summed E-state index contributed by atoms with van der Waals surface area (Å²) in [5, 5.41) is 2.22. The molecule has 8 heteroatoms. The number of rotatable bonds is 9. The molecule has 0 unspecified atom stereocenters. The van der Waals surface area contributed by atoms with Crippen molar-refractivity contribution in [2.24, 2.45) is 0 Å². The topological polar surface area (TPSA) is 48.1 Å². The van der Waals surface area contributed by atoms with E-state index in [9.17, 15) is 0 Å². The van der Waals surface area contributed by atoms with E-state index in [4.69, 9.17) is 14.7 Å². The number of fused-ring (bicyclic) bond motifs is 6. The normalized spacial score (nSPS) is 12.4. The predicted octanol–water partition coefficient (Wildman–Crippen LogP) is 14.7. The summed E-state index contributed by atoms with van der Waals surface area (Å²) in [6, 6.07) is 63.3. The largest absolute Gasteiger partial charge is 2.00 e. The van der Waals surface area contributed by atoms with Crippen molar-refractivity contribution in [3.63, 3.8) is 0 Å². The van der Waals surface area contributed by atoms with Crippen LogP contribution in [-0.4, -0.2) is 33.0 Å². The van der Waals surface area contributed by atoms with Crippen molar-refractivity contribution >= 4 is 39.9 Å². The standard InChI is InChI=1S/C61H54BN5O.Pt/c1-39(2)46-24-17-25-47(40(3)4)59(46)62-65(8)54-32-30-44(68-45-29-31-51-50-23-15-16-28-55(50)67(56(51)37-45)57-35-43(33-34-63-57)61(5,6)7)36-52(54)60-64-53(38-66(60)62)58-48(41-19-11-9-12-20-41)26-18-27-49(58)42-21-13-10-14-22-42;/h9-35,38-40H,1-8H3;/q-2;+2. The van der Waals surface area contributed by atoms with E-state index in [0.717, 1.165) is 78.2 Å². The Morgan fingerprint density at radius 2 is 1.25 bits per heavy atom. The first-order valence-electron chi connectivity index (χ1n) is 23.8. The van der Waals surface area contributed by atoms with Crippen LogP contribution in [0.25, 0.3) is 72.5 Å². The molecule has 0 aliphatic carbocycles. The number of hydrogen-bond acceptors (Lipinski definition) is 4. The maximum atomic E-state index is 6.83. The van der Waals surface area contributed by atoms with Gasteiger partial charge in [-0.1, -0.05) is 193 Å². The molecule has 10 aromatic rings. The van der Waals surface area contributed by atoms with Gasteiger partial charge in [-0.05, 0) is 92.3 Å². The van der Waals surface area contributed by atoms with E-state index in [-0.39, 0.29) is 33.5 Å². The summed E-state index contributed by atoms with van der Waals surface area (Å²) >= 11 is 0. The molecule has 342 valence electrons. The fourth-order valence-corrected chi connectivity index (χ4v) is 10.3. The second kappa shape index (κ2) is 18.2. The Kier molecular flexibility index (Phi) is 12.1. The maximum absolute atomic E-state index is 6.83. The second-order valence-electron chi connectivity index (χ2n) is 19.7. The van der Waals surface area contributed by atoms with Crippen molar-refractivity contribution < 1.29 is 25.8 Å². The fraction of sp³-hybridized carbons (Fsp3) is 0.180. The number of ether oxygens (including phenoxy) is 1. The summed E-state index contributed by atoms with van der Waals surface area (Å²) in [5.74, 6) is 3.47. The van der Waals surface area contributed by atoms with Gasteiger partial charge in [0.1, 0.15) is 5.82 Å². The van der Waals surface area contributed by atoms with Crippen LogP contribution in [0.1, 0.15) is 77.0 Å². The quantitative estimate of drug-likeness (QED) is 0.107. The molecule has 0 saturated heterocycles. The van der Waals surface area contributed by atoms with Gasteiger partial charge in [0.25, 0.3) is 0 Å². The van der Waals surface area contributed by atoms with Crippen molar-refractivity contribution in [3.8, 4) is 62.2 Å². The van der Waals surface area contributed by atoms with Gasteiger partial charge < -0.3 is 18.6 Å². The van der Waals surface area contributed by atoms with Crippen LogP contribution >= 0.6 is 0 Å². The van der Waals surface area contributed by atoms with Gasteiger partial charge >= 0.3 is 28.0 Å². The molecule has 0 atom stereocenters. The van der Waals surface area contributed by atoms with Crippen molar-refractivity contribution in [2.75, 3.05) is 11.9 Å². The van der Waals surface area contributed by atoms with Crippen LogP contribution in [-0.2, 0) is 26.5 Å². The van der Waals surface area contributed by atoms with E-state index >= 15 is 0 Å². The molecule has 11 rings (SSSR count). The van der Waals surface area contributed by atoms with Crippen molar-refractivity contribution in [2.45, 2.75) is 65.7 Å². The van der Waals surface area contributed by atoms with Crippen LogP contribution in [0.5, 0.6) is 11.5 Å². The van der Waals surface area contributed by atoms with Gasteiger partial charge in [0.05, 0.1) is 5.69 Å². The van der Waals surface area contributed by atoms with Crippen molar-refractivity contribution in [1.29, 1.82) is 0 Å². The third kappa shape index (κ3) is 8.11. The summed E-state index contributed by atoms with van der Waals surface area (Å²) in [4.78, 5) is 13.0. The van der Waals surface area contributed by atoms with Crippen molar-refractivity contribution in [1.82, 2.24) is 19.0 Å². The van der Waals surface area contributed by atoms with E-state index in [1.54, 1.807) is 0 Å². The van der Waals surface area contributed by atoms with Gasteiger partial charge in [0, 0.05) is 40.8 Å². The van der Waals surface area contributed by atoms with Crippen LogP contribution in [0.15, 0.2) is 170 Å². The number of pyridine rings is 1. The fourth-order valence-electron chi connectivity index (χ4n) is 10.3. The molecule has 0 N–H and O–H groups in total. The average molecular weight is 1080 g/mol. The molecular weight excluding hydrogens is 1020 g/mol. The third-order valence-corrected chi connectivity index (χ3v) is 13.6. The van der Waals surface area contributed by atoms with Gasteiger partial charge in [0.15, 0.2) is 0 Å². The zero-order valence-electron chi connectivity index (χ0n) is 40.4. The first kappa shape index (κ1) is 45.8. The molecule has 0 bridgehead atoms. The molecule has 4 heterocycles. The first-order valence-corrected chi connectivity index (χ1v) is 23.8. The Balaban J connectivity index is 0.00000553. The Hall–Kier alpha value is -6.95. The number of benzene rings is 7. The minimum absolute atomic E-state index is 0. The second-order valence-corrected chi connectivity index (χ2v) is 19.7. The maximum Gasteiger partial charge on any atom is 2.00 e. The molecule has 6 nitrogen and oxygen atoms in total. The summed E-state index contributed by atoms with van der Waals surface area (Å²) in [7, 11) is 2.21. The zero-order valence-corrected chi connectivity index (χ0v) is 42.6. The van der Waals surface area contributed by atoms with E-state index < -0.39 is 0 Å². The summed E-state index contributed by atoms with van der Waals surface area (Å²) < 4.78 is 11.4. The molecule has 0 radical (unpaired) electrons. The van der Waals surface area contributed by atoms with Crippen molar-refractivity contribution in [3.05, 3.63) is 199 Å². The zero-order chi connectivity index (χ0) is 46.8. The summed E-state index contributed by atoms with van der Waals surface area (Å²) in [6.07, 6.45) is 4.18. The first-order chi connectivity index (χ1) is 32.9. The summed E-state index contributed by atoms with van der Waals surface area (Å²) in [5.41, 5.74) is 15.6. The molecule has 0 amide bonds. The van der Waals surface area contributed by atoms with Crippen LogP contribution in [0, 0.1) is 12.1 Å². The molecule has 69 heavy (non-hydrogen) atoms. The van der Waals surface area contributed by atoms with E-state index in [1.165, 1.54) is 22.2 Å². The third-order valence-electron chi connectivity index (χ3n) is 13.6. The van der Waals surface area contributed by atoms with Crippen LogP contribution in [0.3, 0.4) is 0 Å². The van der Waals surface area contributed by atoms with Crippen LogP contribution in [0.2, 0.25) is 0 Å². The molecule has 7 aromatic carbocycles. The smallest absolute Gasteiger partial charge is 0.503 e. The van der Waals surface area contributed by atoms with Gasteiger partial charge in [-0.2, -0.15) is 6.07 Å². The molecular formula is C61H54BN5OPt. The van der Waals surface area contributed by atoms with E-state index in [1.807, 2.05) is 18.3 Å². The Morgan fingerprint density at radius 1 is 0.638 bits per heavy atom. The number of para-hydroxylation sites is 1. The molecule has 0 saturated carbocycles. The predicted molar refractivity (Wildman–Crippen MR) is 283 cm³/mol. The molecule has 1 aliphatic heterocycles. The van der Waals surface area contributed by atoms with E-state index in [0.29, 0.717) is 23.3 Å². The number of aromatic nitrogens is 4. The van der Waals surface area contributed by atoms with Gasteiger partial charge in [-0.25, -0.2) is 4.98 Å². The van der Waals surface area contributed by atoms with Gasteiger partial charge in [-0.15, -0.1) is 23.6 Å². The Bertz CT molecular complexity index is 3430. The average Bonchev–Trinajstić information content (AvgIpc) is 3.94. The molecule has 3 aromatic heterocycles. The Morgan fingerprint density at radius 3 is 1.90 bits per heavy atom. The minimum atomic E-state index is -0.179.